The number of nitrogens with one attached hydrogen (secondary N) is 3. The van der Waals surface area contributed by atoms with E-state index in [4.69, 9.17) is 0 Å². The summed E-state index contributed by atoms with van der Waals surface area (Å²) in [5.41, 5.74) is 3.02. The molecule has 9 heteroatoms. The molecule has 0 aliphatic carbocycles. The summed E-state index contributed by atoms with van der Waals surface area (Å²) >= 11 is 0. The predicted molar refractivity (Wildman–Crippen MR) is 91.6 cm³/mol. The summed E-state index contributed by atoms with van der Waals surface area (Å²) in [4.78, 5) is 34.4. The smallest absolute Gasteiger partial charge is 0.322 e. The zero-order chi connectivity index (χ0) is 18.7. The minimum atomic E-state index is -0.788. The number of benzene rings is 1. The first kappa shape index (κ1) is 18.1. The van der Waals surface area contributed by atoms with Crippen molar-refractivity contribution in [3.05, 3.63) is 50.3 Å². The molecular formula is C16H19N5O4. The third kappa shape index (κ3) is 4.00. The number of aryl methyl sites for hydroxylation is 4. The molecule has 0 fully saturated rings. The van der Waals surface area contributed by atoms with Gasteiger partial charge < -0.3 is 10.6 Å². The Morgan fingerprint density at radius 1 is 1.20 bits per heavy atom. The number of hydrogen-bond donors (Lipinski definition) is 3. The number of carbonyl (C=O) groups is 2. The monoisotopic (exact) mass is 345 g/mol. The molecule has 1 aromatic carbocycles. The molecule has 2 aromatic rings. The number of hydrogen-bond acceptors (Lipinski definition) is 5. The maximum absolute atomic E-state index is 12.1. The van der Waals surface area contributed by atoms with Gasteiger partial charge in [0.15, 0.2) is 0 Å². The van der Waals surface area contributed by atoms with Crippen molar-refractivity contribution >= 4 is 23.2 Å². The van der Waals surface area contributed by atoms with Crippen molar-refractivity contribution in [3.63, 3.8) is 0 Å². The van der Waals surface area contributed by atoms with E-state index >= 15 is 0 Å². The molecule has 1 aromatic heterocycles. The van der Waals surface area contributed by atoms with Crippen LogP contribution in [0.3, 0.4) is 0 Å². The number of anilines is 1. The molecule has 0 spiro atoms. The van der Waals surface area contributed by atoms with Gasteiger partial charge in [-0.2, -0.15) is 5.10 Å². The van der Waals surface area contributed by atoms with Crippen LogP contribution in [0.1, 0.15) is 32.9 Å². The molecule has 3 N–H and O–H groups in total. The summed E-state index contributed by atoms with van der Waals surface area (Å²) in [6.07, 6.45) is 0. The van der Waals surface area contributed by atoms with Gasteiger partial charge in [0.2, 0.25) is 11.6 Å². The second-order valence-electron chi connectivity index (χ2n) is 5.81. The maximum Gasteiger partial charge on any atom is 0.322 e. The number of carbonyl (C=O) groups excluding carboxylic acids is 2. The first-order valence-electron chi connectivity index (χ1n) is 7.56. The Labute approximate surface area is 144 Å². The van der Waals surface area contributed by atoms with Gasteiger partial charge in [-0.15, -0.1) is 0 Å². The van der Waals surface area contributed by atoms with Crippen molar-refractivity contribution in [1.29, 1.82) is 0 Å². The molecule has 9 nitrogen and oxygen atoms in total. The van der Waals surface area contributed by atoms with Crippen LogP contribution in [0.2, 0.25) is 0 Å². The molecule has 2 rings (SSSR count). The zero-order valence-corrected chi connectivity index (χ0v) is 14.4. The second kappa shape index (κ2) is 7.12. The number of H-pyrrole nitrogens is 1. The molecule has 2 amide bonds. The highest BCUT2D eigenvalue weighted by Crippen LogP contribution is 2.22. The first-order valence-corrected chi connectivity index (χ1v) is 7.56. The fraction of sp³-hybridized carbons (Fsp3) is 0.312. The lowest BCUT2D eigenvalue weighted by atomic mass is 10.1. The molecule has 0 saturated heterocycles. The molecule has 0 bridgehead atoms. The minimum absolute atomic E-state index is 0.172. The van der Waals surface area contributed by atoms with Gasteiger partial charge in [-0.25, -0.2) is 0 Å². The van der Waals surface area contributed by atoms with Gasteiger partial charge in [0.05, 0.1) is 11.5 Å². The van der Waals surface area contributed by atoms with Crippen LogP contribution in [-0.4, -0.2) is 33.5 Å². The molecule has 1 heterocycles. The number of rotatable bonds is 5. The molecule has 0 aliphatic heterocycles. The number of aromatic amines is 1. The Hall–Kier alpha value is -3.23. The van der Waals surface area contributed by atoms with Crippen LogP contribution in [0.5, 0.6) is 0 Å². The third-order valence-corrected chi connectivity index (χ3v) is 3.66. The summed E-state index contributed by atoms with van der Waals surface area (Å²) in [5, 5.41) is 22.1. The molecule has 25 heavy (non-hydrogen) atoms. The number of nitrogens with zero attached hydrogens (tertiary/aromatic N) is 2. The quantitative estimate of drug-likeness (QED) is 0.563. The van der Waals surface area contributed by atoms with Gasteiger partial charge in [0.1, 0.15) is 5.69 Å². The van der Waals surface area contributed by atoms with E-state index in [9.17, 15) is 19.7 Å². The lowest BCUT2D eigenvalue weighted by Gasteiger charge is -2.13. The Balaban J connectivity index is 2.04. The molecule has 0 radical (unpaired) electrons. The van der Waals surface area contributed by atoms with E-state index in [0.29, 0.717) is 5.69 Å². The topological polar surface area (TPSA) is 130 Å². The third-order valence-electron chi connectivity index (χ3n) is 3.66. The second-order valence-corrected chi connectivity index (χ2v) is 5.81. The van der Waals surface area contributed by atoms with Crippen molar-refractivity contribution < 1.29 is 14.5 Å². The van der Waals surface area contributed by atoms with Crippen LogP contribution in [0.15, 0.2) is 12.1 Å². The highest BCUT2D eigenvalue weighted by atomic mass is 16.6. The highest BCUT2D eigenvalue weighted by molar-refractivity contribution is 6.01. The largest absolute Gasteiger partial charge is 0.341 e. The van der Waals surface area contributed by atoms with Crippen LogP contribution in [0, 0.1) is 37.8 Å². The van der Waals surface area contributed by atoms with Crippen LogP contribution in [-0.2, 0) is 4.79 Å². The Bertz CT molecular complexity index is 833. The molecule has 132 valence electrons. The van der Waals surface area contributed by atoms with Crippen molar-refractivity contribution in [1.82, 2.24) is 15.5 Å². The van der Waals surface area contributed by atoms with Gasteiger partial charge >= 0.3 is 5.69 Å². The predicted octanol–water partition coefficient (Wildman–Crippen LogP) is 1.92. The standard InChI is InChI=1S/C16H19N5O4/c1-8-5-9(2)13(10(3)6-8)18-12(22)7-17-16(23)14-15(21(24)25)11(4)19-20-14/h5-6H,7H2,1-4H3,(H,17,23)(H,18,22)(H,19,20). The van der Waals surface area contributed by atoms with E-state index in [1.165, 1.54) is 6.92 Å². The summed E-state index contributed by atoms with van der Waals surface area (Å²) in [6.45, 7) is 6.84. The van der Waals surface area contributed by atoms with Crippen molar-refractivity contribution in [2.75, 3.05) is 11.9 Å². The summed E-state index contributed by atoms with van der Waals surface area (Å²) < 4.78 is 0. The van der Waals surface area contributed by atoms with Crippen LogP contribution in [0.4, 0.5) is 11.4 Å². The van der Waals surface area contributed by atoms with E-state index < -0.39 is 22.4 Å². The lowest BCUT2D eigenvalue weighted by Crippen LogP contribution is -2.33. The van der Waals surface area contributed by atoms with E-state index in [2.05, 4.69) is 20.8 Å². The molecule has 0 saturated carbocycles. The van der Waals surface area contributed by atoms with Crippen LogP contribution < -0.4 is 10.6 Å². The average molecular weight is 345 g/mol. The summed E-state index contributed by atoms with van der Waals surface area (Å²) in [5.74, 6) is -1.22. The fourth-order valence-corrected chi connectivity index (χ4v) is 2.61. The normalized spacial score (nSPS) is 10.4. The van der Waals surface area contributed by atoms with Gasteiger partial charge in [0.25, 0.3) is 5.91 Å². The summed E-state index contributed by atoms with van der Waals surface area (Å²) in [6, 6.07) is 3.88. The van der Waals surface area contributed by atoms with Gasteiger partial charge in [-0.1, -0.05) is 17.7 Å². The van der Waals surface area contributed by atoms with E-state index in [-0.39, 0.29) is 17.9 Å². The lowest BCUT2D eigenvalue weighted by molar-refractivity contribution is -0.385. The maximum atomic E-state index is 12.1. The van der Waals surface area contributed by atoms with Crippen LogP contribution in [0.25, 0.3) is 0 Å². The van der Waals surface area contributed by atoms with Gasteiger partial charge in [-0.3, -0.25) is 24.8 Å². The van der Waals surface area contributed by atoms with Gasteiger partial charge in [-0.05, 0) is 38.8 Å². The van der Waals surface area contributed by atoms with E-state index in [0.717, 1.165) is 16.7 Å². The summed E-state index contributed by atoms with van der Waals surface area (Å²) in [7, 11) is 0. The Morgan fingerprint density at radius 2 is 1.80 bits per heavy atom. The fourth-order valence-electron chi connectivity index (χ4n) is 2.61. The van der Waals surface area contributed by atoms with Crippen molar-refractivity contribution in [2.45, 2.75) is 27.7 Å². The molecule has 0 unspecified atom stereocenters. The number of nitro groups is 1. The number of aromatic nitrogens is 2. The average Bonchev–Trinajstić information content (AvgIpc) is 2.90. The van der Waals surface area contributed by atoms with Crippen molar-refractivity contribution in [3.8, 4) is 0 Å². The Kier molecular flexibility index (Phi) is 5.16. The van der Waals surface area contributed by atoms with Crippen molar-refractivity contribution in [2.24, 2.45) is 0 Å². The van der Waals surface area contributed by atoms with E-state index in [1.807, 2.05) is 32.9 Å². The minimum Gasteiger partial charge on any atom is -0.341 e. The molecule has 0 atom stereocenters. The molecular weight excluding hydrogens is 326 g/mol. The first-order chi connectivity index (χ1) is 11.7. The van der Waals surface area contributed by atoms with E-state index in [1.54, 1.807) is 0 Å². The highest BCUT2D eigenvalue weighted by Gasteiger charge is 2.27. The Morgan fingerprint density at radius 3 is 2.36 bits per heavy atom. The van der Waals surface area contributed by atoms with Crippen LogP contribution >= 0.6 is 0 Å². The number of amides is 2. The zero-order valence-electron chi connectivity index (χ0n) is 14.4. The molecule has 0 aliphatic rings. The SMILES string of the molecule is Cc1cc(C)c(NC(=O)CNC(=O)c2n[nH]c(C)c2[N+](=O)[O-])c(C)c1. The van der Waals surface area contributed by atoms with Gasteiger partial charge in [0, 0.05) is 5.69 Å².